The van der Waals surface area contributed by atoms with E-state index >= 15 is 0 Å². The first-order valence-electron chi connectivity index (χ1n) is 13.5. The predicted octanol–water partition coefficient (Wildman–Crippen LogP) is 5.37. The molecule has 4 aromatic rings. The number of nitrogen functional groups attached to an aromatic ring is 1. The van der Waals surface area contributed by atoms with Crippen molar-refractivity contribution in [3.63, 3.8) is 0 Å². The largest absolute Gasteiger partial charge is 0.459 e. The van der Waals surface area contributed by atoms with E-state index in [0.29, 0.717) is 15.1 Å². The second-order valence-corrected chi connectivity index (χ2v) is 11.1. The summed E-state index contributed by atoms with van der Waals surface area (Å²) in [5, 5.41) is 15.6. The predicted molar refractivity (Wildman–Crippen MR) is 168 cm³/mol. The first kappa shape index (κ1) is 33.3. The van der Waals surface area contributed by atoms with Crippen LogP contribution in [0.1, 0.15) is 31.1 Å². The minimum absolute atomic E-state index is 0.0748. The molecular weight excluding hydrogens is 681 g/mol. The number of nitrogens with two attached hydrogens (primary N) is 1. The Balaban J connectivity index is 1.49. The van der Waals surface area contributed by atoms with E-state index in [1.54, 1.807) is 0 Å². The molecule has 0 aliphatic carbocycles. The number of carbonyl (C=O) groups excluding carboxylic acids is 3. The Kier molecular flexibility index (Phi) is 10.4. The van der Waals surface area contributed by atoms with Crippen LogP contribution in [0.25, 0.3) is 0 Å². The first-order valence-corrected chi connectivity index (χ1v) is 14.7. The third-order valence-electron chi connectivity index (χ3n) is 6.73. The molecule has 14 nitrogen and oxygen atoms in total. The van der Waals surface area contributed by atoms with Crippen molar-refractivity contribution in [1.29, 1.82) is 0 Å². The number of anilines is 2. The molecule has 0 radical (unpaired) electrons. The summed E-state index contributed by atoms with van der Waals surface area (Å²) in [5.41, 5.74) is 5.36. The van der Waals surface area contributed by atoms with E-state index in [0.717, 1.165) is 6.33 Å². The molecule has 0 spiro atoms. The number of carbonyl (C=O) groups is 3. The zero-order valence-corrected chi connectivity index (χ0v) is 26.0. The van der Waals surface area contributed by atoms with Crippen molar-refractivity contribution >= 4 is 70.0 Å². The Bertz CT molecular complexity index is 1790. The van der Waals surface area contributed by atoms with Crippen LogP contribution in [-0.4, -0.2) is 63.9 Å². The van der Waals surface area contributed by atoms with Crippen molar-refractivity contribution in [2.75, 3.05) is 17.7 Å². The lowest BCUT2D eigenvalue weighted by Gasteiger charge is -2.25. The van der Waals surface area contributed by atoms with Crippen LogP contribution in [0.5, 0.6) is 0 Å². The molecule has 1 aliphatic rings. The van der Waals surface area contributed by atoms with Crippen LogP contribution in [0.15, 0.2) is 79.1 Å². The highest BCUT2D eigenvalue weighted by atomic mass is 35.5. The molecule has 1 saturated heterocycles. The van der Waals surface area contributed by atoms with Crippen LogP contribution in [-0.2, 0) is 18.9 Å². The molecule has 3 aromatic carbocycles. The highest BCUT2D eigenvalue weighted by molar-refractivity contribution is 6.31. The second kappa shape index (κ2) is 14.6. The maximum absolute atomic E-state index is 13.3. The molecule has 2 heterocycles. The topological polar surface area (TPSA) is 195 Å². The lowest BCUT2D eigenvalue weighted by molar-refractivity contribution is -0.383. The van der Waals surface area contributed by atoms with Crippen LogP contribution in [0.3, 0.4) is 0 Å². The lowest BCUT2D eigenvalue weighted by atomic mass is 10.1. The van der Waals surface area contributed by atoms with Gasteiger partial charge in [0.05, 0.1) is 21.6 Å². The van der Waals surface area contributed by atoms with Gasteiger partial charge < -0.3 is 30.0 Å². The SMILES string of the molecule is Nc1ncnc(N[C@@H]2O[C@H](COC(=O)c3ccc(Cl)cc3)[C@@H](OC(=O)c3ccc(Cl)cc3)[C@H]2OC(=O)c2ccc(Cl)cc2)c1[N+](=O)[O-]. The van der Waals surface area contributed by atoms with Gasteiger partial charge in [0.2, 0.25) is 11.6 Å². The van der Waals surface area contributed by atoms with E-state index in [1.807, 2.05) is 0 Å². The third-order valence-corrected chi connectivity index (χ3v) is 7.48. The number of rotatable bonds is 10. The number of hydrogen-bond acceptors (Lipinski definition) is 13. The number of esters is 3. The summed E-state index contributed by atoms with van der Waals surface area (Å²) in [6.45, 7) is -0.513. The zero-order valence-electron chi connectivity index (χ0n) is 23.7. The van der Waals surface area contributed by atoms with E-state index < -0.39 is 65.5 Å². The minimum Gasteiger partial charge on any atom is -0.459 e. The van der Waals surface area contributed by atoms with E-state index in [4.69, 9.17) is 59.5 Å². The summed E-state index contributed by atoms with van der Waals surface area (Å²) in [6, 6.07) is 17.4. The highest BCUT2D eigenvalue weighted by Crippen LogP contribution is 2.33. The van der Waals surface area contributed by atoms with E-state index in [2.05, 4.69) is 15.3 Å². The highest BCUT2D eigenvalue weighted by Gasteiger charge is 2.51. The van der Waals surface area contributed by atoms with Gasteiger partial charge in [-0.15, -0.1) is 0 Å². The van der Waals surface area contributed by atoms with Crippen LogP contribution < -0.4 is 11.1 Å². The van der Waals surface area contributed by atoms with Crippen molar-refractivity contribution in [1.82, 2.24) is 9.97 Å². The van der Waals surface area contributed by atoms with Gasteiger partial charge in [-0.25, -0.2) is 24.4 Å². The van der Waals surface area contributed by atoms with Gasteiger partial charge in [0.15, 0.2) is 18.4 Å². The molecule has 17 heteroatoms. The van der Waals surface area contributed by atoms with Gasteiger partial charge in [0, 0.05) is 15.1 Å². The van der Waals surface area contributed by atoms with Crippen molar-refractivity contribution in [2.24, 2.45) is 0 Å². The van der Waals surface area contributed by atoms with E-state index in [-0.39, 0.29) is 22.5 Å². The quantitative estimate of drug-likeness (QED) is 0.0927. The summed E-state index contributed by atoms with van der Waals surface area (Å²) in [5.74, 6) is -3.36. The molecule has 1 fully saturated rings. The van der Waals surface area contributed by atoms with Gasteiger partial charge in [0.1, 0.15) is 19.0 Å². The molecule has 0 saturated carbocycles. The van der Waals surface area contributed by atoms with Gasteiger partial charge in [-0.1, -0.05) is 34.8 Å². The molecule has 3 N–H and O–H groups in total. The van der Waals surface area contributed by atoms with Crippen LogP contribution >= 0.6 is 34.8 Å². The van der Waals surface area contributed by atoms with Gasteiger partial charge in [-0.05, 0) is 72.8 Å². The van der Waals surface area contributed by atoms with Crippen LogP contribution in [0, 0.1) is 10.1 Å². The second-order valence-electron chi connectivity index (χ2n) is 9.81. The number of nitrogens with one attached hydrogen (secondary N) is 1. The molecular formula is C30H22Cl3N5O9. The van der Waals surface area contributed by atoms with Crippen molar-refractivity contribution in [3.05, 3.63) is 121 Å². The van der Waals surface area contributed by atoms with Crippen molar-refractivity contribution in [3.8, 4) is 0 Å². The Hall–Kier alpha value is -5.02. The number of hydrogen-bond donors (Lipinski definition) is 2. The monoisotopic (exact) mass is 701 g/mol. The Morgan fingerprint density at radius 1 is 0.787 bits per heavy atom. The fourth-order valence-corrected chi connectivity index (χ4v) is 4.82. The fraction of sp³-hybridized carbons (Fsp3) is 0.167. The Morgan fingerprint density at radius 3 is 1.74 bits per heavy atom. The number of nitrogens with zero attached hydrogens (tertiary/aromatic N) is 3. The fourth-order valence-electron chi connectivity index (χ4n) is 4.44. The summed E-state index contributed by atoms with van der Waals surface area (Å²) in [6.07, 6.45) is -4.70. The first-order chi connectivity index (χ1) is 22.5. The molecule has 47 heavy (non-hydrogen) atoms. The Labute approximate surface area is 280 Å². The summed E-state index contributed by atoms with van der Waals surface area (Å²) < 4.78 is 23.1. The van der Waals surface area contributed by atoms with E-state index in [1.165, 1.54) is 72.8 Å². The van der Waals surface area contributed by atoms with Gasteiger partial charge in [0.25, 0.3) is 0 Å². The summed E-state index contributed by atoms with van der Waals surface area (Å²) in [4.78, 5) is 58.0. The minimum atomic E-state index is -1.50. The normalized spacial score (nSPS) is 18.6. The molecule has 4 atom stereocenters. The van der Waals surface area contributed by atoms with Gasteiger partial charge >= 0.3 is 23.6 Å². The molecule has 1 aliphatic heterocycles. The number of benzene rings is 3. The zero-order chi connectivity index (χ0) is 33.7. The third kappa shape index (κ3) is 8.04. The average molecular weight is 703 g/mol. The number of halogens is 3. The standard InChI is InChI=1S/C30H22Cl3N5O9/c31-18-7-1-15(2-8-18)28(39)44-13-21-23(46-29(40)16-3-9-19(32)10-4-16)24(47-30(41)17-5-11-20(33)12-6-17)27(45-21)37-26-22(38(42)43)25(34)35-14-36-26/h1-12,14,21,23-24,27H,13H2,(H3,34,35,36,37)/t21-,23-,24-,27-/m1/s1. The molecule has 0 amide bonds. The smallest absolute Gasteiger partial charge is 0.353 e. The lowest BCUT2D eigenvalue weighted by Crippen LogP contribution is -2.43. The van der Waals surface area contributed by atoms with Gasteiger partial charge in [-0.2, -0.15) is 0 Å². The molecule has 0 bridgehead atoms. The molecule has 242 valence electrons. The van der Waals surface area contributed by atoms with Gasteiger partial charge in [-0.3, -0.25) is 10.1 Å². The Morgan fingerprint density at radius 2 is 1.26 bits per heavy atom. The van der Waals surface area contributed by atoms with E-state index in [9.17, 15) is 24.5 Å². The summed E-state index contributed by atoms with van der Waals surface area (Å²) in [7, 11) is 0. The molecule has 0 unspecified atom stereocenters. The maximum atomic E-state index is 13.3. The maximum Gasteiger partial charge on any atom is 0.353 e. The number of nitro groups is 1. The van der Waals surface area contributed by atoms with Crippen molar-refractivity contribution in [2.45, 2.75) is 24.5 Å². The van der Waals surface area contributed by atoms with Crippen LogP contribution in [0.4, 0.5) is 17.3 Å². The molecule has 5 rings (SSSR count). The molecule has 1 aromatic heterocycles. The van der Waals surface area contributed by atoms with Crippen molar-refractivity contribution < 1.29 is 38.3 Å². The summed E-state index contributed by atoms with van der Waals surface area (Å²) >= 11 is 17.8. The number of aromatic nitrogens is 2. The average Bonchev–Trinajstić information content (AvgIpc) is 3.35. The van der Waals surface area contributed by atoms with Crippen LogP contribution in [0.2, 0.25) is 15.1 Å². The number of ether oxygens (including phenoxy) is 4.